The number of aromatic nitrogens is 1. The van der Waals surface area contributed by atoms with E-state index < -0.39 is 0 Å². The minimum Gasteiger partial charge on any atom is -0.309 e. The first-order valence-corrected chi connectivity index (χ1v) is 14.1. The zero-order valence-corrected chi connectivity index (χ0v) is 22.6. The number of fused-ring (bicyclic) bond motifs is 4. The van der Waals surface area contributed by atoms with E-state index in [0.717, 1.165) is 0 Å². The molecule has 7 aromatic rings. The van der Waals surface area contributed by atoms with Gasteiger partial charge in [0.2, 0.25) is 0 Å². The maximum atomic E-state index is 4.03. The molecule has 5 aromatic carbocycles. The monoisotopic (exact) mass is 517 g/mol. The van der Waals surface area contributed by atoms with E-state index in [2.05, 4.69) is 145 Å². The van der Waals surface area contributed by atoms with Gasteiger partial charge in [-0.3, -0.25) is 0 Å². The third kappa shape index (κ3) is 3.93. The number of nitrogens with zero attached hydrogens (tertiary/aromatic N) is 1. The molecule has 0 bridgehead atoms. The van der Waals surface area contributed by atoms with Crippen LogP contribution in [-0.2, 0) is 0 Å². The van der Waals surface area contributed by atoms with Gasteiger partial charge in [-0.15, -0.1) is 11.3 Å². The molecule has 0 radical (unpaired) electrons. The summed E-state index contributed by atoms with van der Waals surface area (Å²) in [5.41, 5.74) is 9.73. The maximum Gasteiger partial charge on any atom is 0.0541 e. The van der Waals surface area contributed by atoms with Gasteiger partial charge < -0.3 is 4.57 Å². The van der Waals surface area contributed by atoms with E-state index in [1.54, 1.807) is 11.3 Å². The summed E-state index contributed by atoms with van der Waals surface area (Å²) >= 11 is 1.80. The van der Waals surface area contributed by atoms with Crippen LogP contribution >= 0.6 is 11.3 Å². The number of rotatable bonds is 5. The van der Waals surface area contributed by atoms with E-state index in [4.69, 9.17) is 0 Å². The van der Waals surface area contributed by atoms with Gasteiger partial charge in [0, 0.05) is 31.4 Å². The zero-order chi connectivity index (χ0) is 26.3. The highest BCUT2D eigenvalue weighted by Crippen LogP contribution is 2.37. The van der Waals surface area contributed by atoms with E-state index in [1.807, 2.05) is 6.08 Å². The van der Waals surface area contributed by atoms with Gasteiger partial charge in [0.25, 0.3) is 0 Å². The summed E-state index contributed by atoms with van der Waals surface area (Å²) in [4.78, 5) is 1.22. The molecule has 2 aromatic heterocycles. The molecule has 2 heterocycles. The Morgan fingerprint density at radius 3 is 1.90 bits per heavy atom. The smallest absolute Gasteiger partial charge is 0.0541 e. The minimum absolute atomic E-state index is 1.17. The van der Waals surface area contributed by atoms with Gasteiger partial charge in [-0.05, 0) is 77.2 Å². The number of benzene rings is 5. The average Bonchev–Trinajstić information content (AvgIpc) is 3.52. The Kier molecular flexibility index (Phi) is 5.76. The molecular weight excluding hydrogens is 490 g/mol. The average molecular weight is 518 g/mol. The molecule has 0 saturated carbocycles. The van der Waals surface area contributed by atoms with Gasteiger partial charge in [0.05, 0.1) is 11.0 Å². The molecule has 1 nitrogen and oxygen atoms in total. The molecule has 0 N–H and O–H groups in total. The Hall–Kier alpha value is -4.66. The molecule has 7 rings (SSSR count). The fraction of sp³-hybridized carbons (Fsp3) is 0.0270. The predicted molar refractivity (Wildman–Crippen MR) is 172 cm³/mol. The third-order valence-electron chi connectivity index (χ3n) is 7.49. The van der Waals surface area contributed by atoms with Gasteiger partial charge in [0.1, 0.15) is 0 Å². The molecular formula is C37H27NS. The molecule has 0 saturated heterocycles. The molecule has 0 aliphatic rings. The summed E-state index contributed by atoms with van der Waals surface area (Å²) in [5.74, 6) is 0. The Bertz CT molecular complexity index is 2000. The standard InChI is InChI=1S/C37H27NS/c1-3-11-32-33-24-28(20-21-37(33)39-36(32)4-2)26-13-9-12-25(22-26)27-14-10-15-29(23-27)38-34-18-7-5-16-30(34)31-17-6-8-19-35(31)38/h3-24H,2H2,1H3/b11-3-. The van der Waals surface area contributed by atoms with Crippen LogP contribution in [0.3, 0.4) is 0 Å². The van der Waals surface area contributed by atoms with Gasteiger partial charge in [-0.1, -0.05) is 97.6 Å². The van der Waals surface area contributed by atoms with Crippen molar-refractivity contribution in [1.82, 2.24) is 4.57 Å². The number of hydrogen-bond donors (Lipinski definition) is 0. The van der Waals surface area contributed by atoms with Crippen molar-refractivity contribution in [3.63, 3.8) is 0 Å². The molecule has 0 spiro atoms. The molecule has 0 aliphatic carbocycles. The van der Waals surface area contributed by atoms with Crippen LogP contribution in [0.5, 0.6) is 0 Å². The summed E-state index contributed by atoms with van der Waals surface area (Å²) in [7, 11) is 0. The Morgan fingerprint density at radius 1 is 0.615 bits per heavy atom. The first kappa shape index (κ1) is 23.5. The fourth-order valence-electron chi connectivity index (χ4n) is 5.71. The van der Waals surface area contributed by atoms with Crippen molar-refractivity contribution in [3.05, 3.63) is 138 Å². The lowest BCUT2D eigenvalue weighted by molar-refractivity contribution is 1.18. The van der Waals surface area contributed by atoms with Crippen LogP contribution in [0.25, 0.3) is 72.0 Å². The van der Waals surface area contributed by atoms with Crippen LogP contribution in [0.2, 0.25) is 0 Å². The lowest BCUT2D eigenvalue weighted by atomic mass is 9.97. The normalized spacial score (nSPS) is 11.7. The first-order valence-electron chi connectivity index (χ1n) is 13.3. The SMILES string of the molecule is C=Cc1sc2ccc(-c3cccc(-c4cccc(-n5c6ccccc6c6ccccc65)c4)c3)cc2c1/C=C\C. The lowest BCUT2D eigenvalue weighted by Gasteiger charge is -2.11. The minimum atomic E-state index is 1.17. The Labute approximate surface area is 232 Å². The van der Waals surface area contributed by atoms with Gasteiger partial charge in [-0.2, -0.15) is 0 Å². The molecule has 0 aliphatic heterocycles. The molecule has 0 fully saturated rings. The first-order chi connectivity index (χ1) is 19.2. The van der Waals surface area contributed by atoms with Crippen molar-refractivity contribution in [2.45, 2.75) is 6.92 Å². The Morgan fingerprint density at radius 2 is 1.23 bits per heavy atom. The van der Waals surface area contributed by atoms with E-state index in [0.29, 0.717) is 0 Å². The summed E-state index contributed by atoms with van der Waals surface area (Å²) in [6, 6.07) is 41.9. The summed E-state index contributed by atoms with van der Waals surface area (Å²) in [5, 5.41) is 3.84. The number of allylic oxidation sites excluding steroid dienone is 1. The van der Waals surface area contributed by atoms with Crippen molar-refractivity contribution < 1.29 is 0 Å². The van der Waals surface area contributed by atoms with Crippen LogP contribution in [-0.4, -0.2) is 4.57 Å². The highest BCUT2D eigenvalue weighted by Gasteiger charge is 2.13. The Balaban J connectivity index is 1.34. The van der Waals surface area contributed by atoms with E-state index in [1.165, 1.54) is 70.3 Å². The number of thiophene rings is 1. The van der Waals surface area contributed by atoms with Crippen LogP contribution < -0.4 is 0 Å². The molecule has 0 amide bonds. The van der Waals surface area contributed by atoms with Crippen LogP contribution in [0.15, 0.2) is 128 Å². The predicted octanol–water partition coefficient (Wildman–Crippen LogP) is 11.0. The highest BCUT2D eigenvalue weighted by atomic mass is 32.1. The summed E-state index contributed by atoms with van der Waals surface area (Å²) in [6.45, 7) is 6.10. The van der Waals surface area contributed by atoms with Crippen LogP contribution in [0, 0.1) is 0 Å². The second-order valence-electron chi connectivity index (χ2n) is 9.80. The van der Waals surface area contributed by atoms with Gasteiger partial charge in [0.15, 0.2) is 0 Å². The van der Waals surface area contributed by atoms with Gasteiger partial charge >= 0.3 is 0 Å². The second-order valence-corrected chi connectivity index (χ2v) is 10.9. The molecule has 39 heavy (non-hydrogen) atoms. The maximum absolute atomic E-state index is 4.03. The molecule has 0 atom stereocenters. The quantitative estimate of drug-likeness (QED) is 0.214. The molecule has 2 heteroatoms. The molecule has 0 unspecified atom stereocenters. The number of para-hydroxylation sites is 2. The van der Waals surface area contributed by atoms with Crippen LogP contribution in [0.4, 0.5) is 0 Å². The summed E-state index contributed by atoms with van der Waals surface area (Å²) in [6.07, 6.45) is 6.26. The van der Waals surface area contributed by atoms with Crippen molar-refractivity contribution in [2.24, 2.45) is 0 Å². The van der Waals surface area contributed by atoms with E-state index in [-0.39, 0.29) is 0 Å². The second kappa shape index (κ2) is 9.58. The van der Waals surface area contributed by atoms with Crippen molar-refractivity contribution in [3.8, 4) is 27.9 Å². The van der Waals surface area contributed by atoms with Crippen LogP contribution in [0.1, 0.15) is 17.4 Å². The lowest BCUT2D eigenvalue weighted by Crippen LogP contribution is -1.94. The van der Waals surface area contributed by atoms with Gasteiger partial charge in [-0.25, -0.2) is 0 Å². The summed E-state index contributed by atoms with van der Waals surface area (Å²) < 4.78 is 3.67. The number of hydrogen-bond acceptors (Lipinski definition) is 1. The zero-order valence-electron chi connectivity index (χ0n) is 21.8. The highest BCUT2D eigenvalue weighted by molar-refractivity contribution is 7.20. The van der Waals surface area contributed by atoms with Crippen molar-refractivity contribution in [2.75, 3.05) is 0 Å². The topological polar surface area (TPSA) is 4.93 Å². The fourth-order valence-corrected chi connectivity index (χ4v) is 6.73. The van der Waals surface area contributed by atoms with E-state index >= 15 is 0 Å². The van der Waals surface area contributed by atoms with Crippen molar-refractivity contribution in [1.29, 1.82) is 0 Å². The van der Waals surface area contributed by atoms with Crippen molar-refractivity contribution >= 4 is 55.4 Å². The van der Waals surface area contributed by atoms with E-state index in [9.17, 15) is 0 Å². The molecule has 186 valence electrons. The largest absolute Gasteiger partial charge is 0.309 e. The third-order valence-corrected chi connectivity index (χ3v) is 8.67.